The highest BCUT2D eigenvalue weighted by molar-refractivity contribution is 4.30. The van der Waals surface area contributed by atoms with Gasteiger partial charge in [0.15, 0.2) is 0 Å². The van der Waals surface area contributed by atoms with Crippen LogP contribution in [0.4, 0.5) is 0 Å². The summed E-state index contributed by atoms with van der Waals surface area (Å²) >= 11 is 0. The first-order valence-corrected chi connectivity index (χ1v) is 4.21. The third kappa shape index (κ3) is 22.5. The zero-order valence-corrected chi connectivity index (χ0v) is 7.66. The van der Waals surface area contributed by atoms with Crippen LogP contribution in [0.2, 0.25) is 0 Å². The minimum absolute atomic E-state index is 0.107. The maximum atomic E-state index is 9.77. The summed E-state index contributed by atoms with van der Waals surface area (Å²) in [5.74, 6) is 0. The fourth-order valence-corrected chi connectivity index (χ4v) is 0.407. The Kier molecular flexibility index (Phi) is 20.4. The van der Waals surface area contributed by atoms with Crippen LogP contribution in [0.1, 0.15) is 19.8 Å². The lowest BCUT2D eigenvalue weighted by atomic mass is 10.4. The molecule has 75 valence electrons. The van der Waals surface area contributed by atoms with Crippen molar-refractivity contribution in [1.82, 2.24) is 0 Å². The van der Waals surface area contributed by atoms with Crippen LogP contribution in [0, 0.1) is 0 Å². The highest BCUT2D eigenvalue weighted by atomic mass is 16.5. The van der Waals surface area contributed by atoms with Crippen molar-refractivity contribution in [2.24, 2.45) is 0 Å². The summed E-state index contributed by atoms with van der Waals surface area (Å²) in [6.07, 6.45) is 2.21. The van der Waals surface area contributed by atoms with E-state index in [0.29, 0.717) is 6.61 Å². The van der Waals surface area contributed by atoms with Crippen LogP contribution in [0.25, 0.3) is 0 Å². The Labute approximate surface area is 73.8 Å². The molecule has 0 aliphatic rings. The zero-order chi connectivity index (χ0) is 9.66. The van der Waals surface area contributed by atoms with Crippen molar-refractivity contribution in [3.05, 3.63) is 0 Å². The van der Waals surface area contributed by atoms with E-state index in [2.05, 4.69) is 6.92 Å². The van der Waals surface area contributed by atoms with Crippen LogP contribution in [0.15, 0.2) is 0 Å². The van der Waals surface area contributed by atoms with Gasteiger partial charge in [-0.25, -0.2) is 5.11 Å². The van der Waals surface area contributed by atoms with Gasteiger partial charge in [-0.15, -0.1) is 0 Å². The highest BCUT2D eigenvalue weighted by Crippen LogP contribution is 1.85. The Balaban J connectivity index is 0. The Hall–Kier alpha value is -0.160. The molecule has 4 nitrogen and oxygen atoms in total. The Morgan fingerprint density at radius 1 is 1.17 bits per heavy atom. The summed E-state index contributed by atoms with van der Waals surface area (Å²) in [6, 6.07) is 0. The van der Waals surface area contributed by atoms with Gasteiger partial charge in [0.25, 0.3) is 0 Å². The molecule has 0 aromatic heterocycles. The molecule has 0 unspecified atom stereocenters. The van der Waals surface area contributed by atoms with Crippen molar-refractivity contribution in [2.75, 3.05) is 33.0 Å². The van der Waals surface area contributed by atoms with E-state index in [1.807, 2.05) is 0 Å². The monoisotopic (exact) mass is 179 g/mol. The van der Waals surface area contributed by atoms with Crippen LogP contribution in [0.3, 0.4) is 0 Å². The number of hydrogen-bond acceptors (Lipinski definition) is 3. The molecule has 1 radical (unpaired) electrons. The average molecular weight is 179 g/mol. The lowest BCUT2D eigenvalue weighted by Gasteiger charge is -1.96. The minimum atomic E-state index is -0.125. The van der Waals surface area contributed by atoms with Gasteiger partial charge in [-0.1, -0.05) is 13.3 Å². The van der Waals surface area contributed by atoms with E-state index < -0.39 is 0 Å². The quantitative estimate of drug-likeness (QED) is 0.572. The number of unbranched alkanes of at least 4 members (excludes halogenated alkanes) is 1. The van der Waals surface area contributed by atoms with Gasteiger partial charge in [0.2, 0.25) is 0 Å². The van der Waals surface area contributed by atoms with Gasteiger partial charge in [0.05, 0.1) is 19.8 Å². The second kappa shape index (κ2) is 17.1. The normalized spacial score (nSPS) is 9.00. The molecule has 12 heavy (non-hydrogen) atoms. The zero-order valence-electron chi connectivity index (χ0n) is 7.66. The number of rotatable bonds is 6. The Morgan fingerprint density at radius 2 is 1.75 bits per heavy atom. The van der Waals surface area contributed by atoms with E-state index in [1.54, 1.807) is 0 Å². The molecule has 0 spiro atoms. The molecule has 0 amide bonds. The highest BCUT2D eigenvalue weighted by Gasteiger charge is 1.83. The molecule has 0 aliphatic heterocycles. The van der Waals surface area contributed by atoms with E-state index in [4.69, 9.17) is 14.9 Å². The van der Waals surface area contributed by atoms with Gasteiger partial charge < -0.3 is 14.9 Å². The smallest absolute Gasteiger partial charge is 0.106 e. The average Bonchev–Trinajstić information content (AvgIpc) is 2.13. The molecular weight excluding hydrogens is 160 g/mol. The molecule has 0 bridgehead atoms. The fourth-order valence-electron chi connectivity index (χ4n) is 0.407. The maximum absolute atomic E-state index is 9.77. The van der Waals surface area contributed by atoms with Gasteiger partial charge in [-0.05, 0) is 6.42 Å². The van der Waals surface area contributed by atoms with Gasteiger partial charge in [0.1, 0.15) is 6.61 Å². The van der Waals surface area contributed by atoms with Crippen LogP contribution >= 0.6 is 0 Å². The Morgan fingerprint density at radius 3 is 2.08 bits per heavy atom. The fraction of sp³-hybridized carbons (Fsp3) is 1.00. The lowest BCUT2D eigenvalue weighted by molar-refractivity contribution is 0.0625. The van der Waals surface area contributed by atoms with Gasteiger partial charge >= 0.3 is 0 Å². The van der Waals surface area contributed by atoms with Crippen molar-refractivity contribution >= 4 is 0 Å². The number of aliphatic hydroxyl groups is 2. The molecule has 4 heteroatoms. The molecule has 0 aromatic rings. The third-order valence-corrected chi connectivity index (χ3v) is 0.970. The molecule has 2 N–H and O–H groups in total. The summed E-state index contributed by atoms with van der Waals surface area (Å²) in [4.78, 5) is 0. The molecule has 0 atom stereocenters. The largest absolute Gasteiger partial charge is 0.394 e. The van der Waals surface area contributed by atoms with Crippen LogP contribution in [-0.2, 0) is 9.84 Å². The predicted octanol–water partition coefficient (Wildman–Crippen LogP) is 0.205. The van der Waals surface area contributed by atoms with Gasteiger partial charge in [0, 0.05) is 6.61 Å². The topological polar surface area (TPSA) is 69.6 Å². The number of aliphatic hydroxyl groups excluding tert-OH is 2. The van der Waals surface area contributed by atoms with Crippen molar-refractivity contribution < 1.29 is 20.1 Å². The maximum Gasteiger partial charge on any atom is 0.106 e. The summed E-state index contributed by atoms with van der Waals surface area (Å²) < 4.78 is 4.91. The SMILES string of the molecule is CCCCOCC[O].OCCO. The van der Waals surface area contributed by atoms with Crippen molar-refractivity contribution in [3.63, 3.8) is 0 Å². The molecule has 0 fully saturated rings. The minimum Gasteiger partial charge on any atom is -0.394 e. The second-order valence-electron chi connectivity index (χ2n) is 2.12. The first kappa shape index (κ1) is 14.4. The summed E-state index contributed by atoms with van der Waals surface area (Å²) in [5, 5.41) is 25.0. The van der Waals surface area contributed by atoms with Gasteiger partial charge in [-0.3, -0.25) is 0 Å². The molecule has 0 saturated carbocycles. The molecule has 0 aliphatic carbocycles. The third-order valence-electron chi connectivity index (χ3n) is 0.970. The first-order valence-electron chi connectivity index (χ1n) is 4.21. The number of ether oxygens (including phenoxy) is 1. The van der Waals surface area contributed by atoms with Crippen molar-refractivity contribution in [1.29, 1.82) is 0 Å². The summed E-state index contributed by atoms with van der Waals surface area (Å²) in [5.41, 5.74) is 0. The van der Waals surface area contributed by atoms with Crippen molar-refractivity contribution in [3.8, 4) is 0 Å². The molecule has 0 heterocycles. The van der Waals surface area contributed by atoms with Crippen LogP contribution in [-0.4, -0.2) is 43.2 Å². The summed E-state index contributed by atoms with van der Waals surface area (Å²) in [7, 11) is 0. The molecule has 0 aromatic carbocycles. The van der Waals surface area contributed by atoms with Crippen LogP contribution < -0.4 is 0 Å². The van der Waals surface area contributed by atoms with E-state index in [1.165, 1.54) is 0 Å². The standard InChI is InChI=1S/C6H13O2.C2H6O2/c1-2-3-5-8-6-4-7;3-1-2-4/h2-6H2,1H3;3-4H,1-2H2. The van der Waals surface area contributed by atoms with E-state index >= 15 is 0 Å². The molecule has 0 saturated heterocycles. The molecule has 0 rings (SSSR count). The van der Waals surface area contributed by atoms with E-state index in [9.17, 15) is 5.11 Å². The van der Waals surface area contributed by atoms with Gasteiger partial charge in [-0.2, -0.15) is 0 Å². The van der Waals surface area contributed by atoms with Crippen LogP contribution in [0.5, 0.6) is 0 Å². The first-order chi connectivity index (χ1) is 5.83. The predicted molar refractivity (Wildman–Crippen MR) is 45.5 cm³/mol. The molecular formula is C8H19O4. The second-order valence-corrected chi connectivity index (χ2v) is 2.12. The van der Waals surface area contributed by atoms with E-state index in [0.717, 1.165) is 19.4 Å². The number of hydrogen-bond donors (Lipinski definition) is 2. The van der Waals surface area contributed by atoms with E-state index in [-0.39, 0.29) is 19.8 Å². The lowest BCUT2D eigenvalue weighted by Crippen LogP contribution is -1.98. The Bertz CT molecular complexity index is 51.0. The summed E-state index contributed by atoms with van der Waals surface area (Å²) in [6.45, 7) is 2.86. The van der Waals surface area contributed by atoms with Crippen molar-refractivity contribution in [2.45, 2.75) is 19.8 Å².